The highest BCUT2D eigenvalue weighted by Crippen LogP contribution is 2.38. The van der Waals surface area contributed by atoms with Gasteiger partial charge >= 0.3 is 0 Å². The maximum atomic E-state index is 5.93. The van der Waals surface area contributed by atoms with Gasteiger partial charge in [-0.15, -0.1) is 6.58 Å². The molecule has 20 heavy (non-hydrogen) atoms. The van der Waals surface area contributed by atoms with Crippen molar-refractivity contribution in [3.05, 3.63) is 78.4 Å². The Morgan fingerprint density at radius 2 is 1.85 bits per heavy atom. The molecule has 0 N–H and O–H groups in total. The van der Waals surface area contributed by atoms with E-state index in [4.69, 9.17) is 4.84 Å². The molecule has 0 saturated heterocycles. The summed E-state index contributed by atoms with van der Waals surface area (Å²) < 4.78 is 0. The summed E-state index contributed by atoms with van der Waals surface area (Å²) >= 11 is 0. The quantitative estimate of drug-likeness (QED) is 0.590. The molecule has 0 amide bonds. The highest BCUT2D eigenvalue weighted by molar-refractivity contribution is 5.48. The molecule has 0 bridgehead atoms. The molecule has 0 heterocycles. The van der Waals surface area contributed by atoms with Crippen molar-refractivity contribution >= 4 is 5.69 Å². The zero-order valence-corrected chi connectivity index (χ0v) is 11.5. The summed E-state index contributed by atoms with van der Waals surface area (Å²) in [4.78, 5) is 5.93. The van der Waals surface area contributed by atoms with Crippen molar-refractivity contribution in [2.75, 3.05) is 11.7 Å². The number of anilines is 1. The number of nitrogens with zero attached hydrogens (tertiary/aromatic N) is 1. The van der Waals surface area contributed by atoms with Gasteiger partial charge in [-0.3, -0.25) is 4.84 Å². The van der Waals surface area contributed by atoms with Crippen LogP contribution in [0.1, 0.15) is 23.6 Å². The molecular formula is C18H19NO. The lowest BCUT2D eigenvalue weighted by molar-refractivity contribution is 0.109. The van der Waals surface area contributed by atoms with Crippen molar-refractivity contribution in [2.24, 2.45) is 0 Å². The van der Waals surface area contributed by atoms with Crippen LogP contribution in [-0.2, 0) is 11.3 Å². The Morgan fingerprint density at radius 3 is 2.65 bits per heavy atom. The smallest absolute Gasteiger partial charge is 0.0928 e. The third kappa shape index (κ3) is 2.47. The number of rotatable bonds is 5. The minimum atomic E-state index is 0.286. The average molecular weight is 265 g/mol. The van der Waals surface area contributed by atoms with E-state index in [-0.39, 0.29) is 6.04 Å². The molecule has 2 nitrogen and oxygen atoms in total. The first-order chi connectivity index (χ1) is 9.90. The van der Waals surface area contributed by atoms with E-state index < -0.39 is 0 Å². The second kappa shape index (κ2) is 5.93. The SMILES string of the molecule is C=CCON(c1ccccc1)C1CCc2ccccc21. The minimum absolute atomic E-state index is 0.286. The number of benzene rings is 2. The molecule has 0 fully saturated rings. The van der Waals surface area contributed by atoms with Gasteiger partial charge in [-0.05, 0) is 36.1 Å². The van der Waals surface area contributed by atoms with E-state index in [0.29, 0.717) is 6.61 Å². The zero-order valence-electron chi connectivity index (χ0n) is 11.5. The molecular weight excluding hydrogens is 246 g/mol. The van der Waals surface area contributed by atoms with Crippen LogP contribution in [0.5, 0.6) is 0 Å². The fraction of sp³-hybridized carbons (Fsp3) is 0.222. The van der Waals surface area contributed by atoms with E-state index in [9.17, 15) is 0 Å². The largest absolute Gasteiger partial charge is 0.269 e. The van der Waals surface area contributed by atoms with E-state index in [1.807, 2.05) is 23.3 Å². The maximum absolute atomic E-state index is 5.93. The highest BCUT2D eigenvalue weighted by atomic mass is 16.7. The van der Waals surface area contributed by atoms with Crippen LogP contribution < -0.4 is 5.06 Å². The Kier molecular flexibility index (Phi) is 3.84. The van der Waals surface area contributed by atoms with Gasteiger partial charge in [-0.2, -0.15) is 0 Å². The summed E-state index contributed by atoms with van der Waals surface area (Å²) in [7, 11) is 0. The molecule has 1 aliphatic carbocycles. The molecule has 2 aromatic carbocycles. The van der Waals surface area contributed by atoms with Gasteiger partial charge in [-0.25, -0.2) is 5.06 Å². The van der Waals surface area contributed by atoms with Gasteiger partial charge in [0.25, 0.3) is 0 Å². The summed E-state index contributed by atoms with van der Waals surface area (Å²) in [5.74, 6) is 0. The van der Waals surface area contributed by atoms with Crippen molar-refractivity contribution in [1.29, 1.82) is 0 Å². The fourth-order valence-electron chi connectivity index (χ4n) is 2.83. The zero-order chi connectivity index (χ0) is 13.8. The molecule has 2 heteroatoms. The van der Waals surface area contributed by atoms with E-state index in [0.717, 1.165) is 18.5 Å². The van der Waals surface area contributed by atoms with Crippen molar-refractivity contribution in [3.63, 3.8) is 0 Å². The van der Waals surface area contributed by atoms with E-state index >= 15 is 0 Å². The number of hydrogen-bond acceptors (Lipinski definition) is 2. The van der Waals surface area contributed by atoms with Gasteiger partial charge < -0.3 is 0 Å². The molecule has 1 atom stereocenters. The van der Waals surface area contributed by atoms with Crippen molar-refractivity contribution in [2.45, 2.75) is 18.9 Å². The first-order valence-electron chi connectivity index (χ1n) is 7.06. The van der Waals surface area contributed by atoms with E-state index in [2.05, 4.69) is 43.0 Å². The Balaban J connectivity index is 1.93. The molecule has 0 aromatic heterocycles. The Morgan fingerprint density at radius 1 is 1.10 bits per heavy atom. The molecule has 3 rings (SSSR count). The number of hydrogen-bond donors (Lipinski definition) is 0. The van der Waals surface area contributed by atoms with Crippen LogP contribution in [0.15, 0.2) is 67.3 Å². The maximum Gasteiger partial charge on any atom is 0.0928 e. The first kappa shape index (κ1) is 12.9. The second-order valence-electron chi connectivity index (χ2n) is 5.00. The Bertz CT molecular complexity index is 579. The number of fused-ring (bicyclic) bond motifs is 1. The van der Waals surface area contributed by atoms with E-state index in [1.165, 1.54) is 11.1 Å². The van der Waals surface area contributed by atoms with Crippen LogP contribution in [0, 0.1) is 0 Å². The van der Waals surface area contributed by atoms with Crippen LogP contribution in [0.2, 0.25) is 0 Å². The lowest BCUT2D eigenvalue weighted by atomic mass is 10.1. The molecule has 102 valence electrons. The molecule has 0 spiro atoms. The summed E-state index contributed by atoms with van der Waals surface area (Å²) in [5.41, 5.74) is 3.90. The molecule has 2 aromatic rings. The summed E-state index contributed by atoms with van der Waals surface area (Å²) in [6.07, 6.45) is 3.99. The third-order valence-electron chi connectivity index (χ3n) is 3.73. The minimum Gasteiger partial charge on any atom is -0.269 e. The monoisotopic (exact) mass is 265 g/mol. The second-order valence-corrected chi connectivity index (χ2v) is 5.00. The molecule has 1 unspecified atom stereocenters. The normalized spacial score (nSPS) is 16.7. The van der Waals surface area contributed by atoms with Crippen LogP contribution >= 0.6 is 0 Å². The summed E-state index contributed by atoms with van der Waals surface area (Å²) in [5, 5.41) is 2.04. The van der Waals surface area contributed by atoms with Gasteiger partial charge in [0.15, 0.2) is 0 Å². The van der Waals surface area contributed by atoms with Crippen LogP contribution in [0.4, 0.5) is 5.69 Å². The summed E-state index contributed by atoms with van der Waals surface area (Å²) in [6, 6.07) is 19.2. The molecule has 1 aliphatic rings. The lowest BCUT2D eigenvalue weighted by Gasteiger charge is -2.30. The number of para-hydroxylation sites is 1. The Hall–Kier alpha value is -2.06. The van der Waals surface area contributed by atoms with Crippen molar-refractivity contribution < 1.29 is 4.84 Å². The van der Waals surface area contributed by atoms with Gasteiger partial charge in [0.1, 0.15) is 0 Å². The van der Waals surface area contributed by atoms with Crippen LogP contribution in [0.3, 0.4) is 0 Å². The van der Waals surface area contributed by atoms with Crippen molar-refractivity contribution in [1.82, 2.24) is 0 Å². The van der Waals surface area contributed by atoms with Gasteiger partial charge in [0, 0.05) is 0 Å². The lowest BCUT2D eigenvalue weighted by Crippen LogP contribution is -2.27. The standard InChI is InChI=1S/C18H19NO/c1-2-14-20-19(16-9-4-3-5-10-16)18-13-12-15-8-6-7-11-17(15)18/h2-11,18H,1,12-14H2. The number of hydroxylamine groups is 1. The molecule has 0 saturated carbocycles. The van der Waals surface area contributed by atoms with Gasteiger partial charge in [0.05, 0.1) is 18.3 Å². The van der Waals surface area contributed by atoms with Gasteiger partial charge in [0.2, 0.25) is 0 Å². The van der Waals surface area contributed by atoms with E-state index in [1.54, 1.807) is 6.08 Å². The molecule has 0 radical (unpaired) electrons. The predicted octanol–water partition coefficient (Wildman–Crippen LogP) is 4.30. The van der Waals surface area contributed by atoms with Crippen LogP contribution in [0.25, 0.3) is 0 Å². The summed E-state index contributed by atoms with van der Waals surface area (Å²) in [6.45, 7) is 4.27. The fourth-order valence-corrected chi connectivity index (χ4v) is 2.83. The number of aryl methyl sites for hydroxylation is 1. The van der Waals surface area contributed by atoms with Crippen molar-refractivity contribution in [3.8, 4) is 0 Å². The first-order valence-corrected chi connectivity index (χ1v) is 7.06. The Labute approximate surface area is 120 Å². The van der Waals surface area contributed by atoms with Crippen LogP contribution in [-0.4, -0.2) is 6.61 Å². The van der Waals surface area contributed by atoms with Gasteiger partial charge in [-0.1, -0.05) is 48.5 Å². The molecule has 0 aliphatic heterocycles. The highest BCUT2D eigenvalue weighted by Gasteiger charge is 2.28. The average Bonchev–Trinajstić information content (AvgIpc) is 2.93. The topological polar surface area (TPSA) is 12.5 Å². The third-order valence-corrected chi connectivity index (χ3v) is 3.73. The predicted molar refractivity (Wildman–Crippen MR) is 82.6 cm³/mol.